The first kappa shape index (κ1) is 14.5. The van der Waals surface area contributed by atoms with Crippen molar-refractivity contribution in [2.24, 2.45) is 5.73 Å². The van der Waals surface area contributed by atoms with E-state index in [1.165, 1.54) is 4.90 Å². The first-order valence-corrected chi connectivity index (χ1v) is 6.95. The predicted octanol–water partition coefficient (Wildman–Crippen LogP) is 2.39. The van der Waals surface area contributed by atoms with E-state index in [0.717, 1.165) is 4.47 Å². The maximum atomic E-state index is 11.1. The summed E-state index contributed by atoms with van der Waals surface area (Å²) in [5, 5.41) is 2.81. The summed E-state index contributed by atoms with van der Waals surface area (Å²) < 4.78 is 1.01. The number of hydrogen-bond donors (Lipinski definition) is 2. The highest BCUT2D eigenvalue weighted by atomic mass is 79.9. The van der Waals surface area contributed by atoms with Crippen LogP contribution >= 0.6 is 27.7 Å². The molecule has 0 aliphatic heterocycles. The molecule has 94 valence electrons. The lowest BCUT2D eigenvalue weighted by molar-refractivity contribution is -0.119. The zero-order valence-corrected chi connectivity index (χ0v) is 12.4. The van der Waals surface area contributed by atoms with Crippen molar-refractivity contribution in [3.8, 4) is 0 Å². The quantitative estimate of drug-likeness (QED) is 0.820. The maximum absolute atomic E-state index is 11.1. The van der Waals surface area contributed by atoms with E-state index in [2.05, 4.69) is 47.2 Å². The van der Waals surface area contributed by atoms with Crippen molar-refractivity contribution in [1.82, 2.24) is 5.32 Å². The van der Waals surface area contributed by atoms with Crippen molar-refractivity contribution in [1.29, 1.82) is 0 Å². The molecule has 0 saturated heterocycles. The van der Waals surface area contributed by atoms with Gasteiger partial charge in [0.15, 0.2) is 0 Å². The topological polar surface area (TPSA) is 55.1 Å². The highest BCUT2D eigenvalue weighted by molar-refractivity contribution is 9.10. The van der Waals surface area contributed by atoms with Gasteiger partial charge in [-0.1, -0.05) is 15.9 Å². The van der Waals surface area contributed by atoms with Crippen LogP contribution in [-0.2, 0) is 4.79 Å². The van der Waals surface area contributed by atoms with Gasteiger partial charge in [0.2, 0.25) is 5.91 Å². The lowest BCUT2D eigenvalue weighted by atomic mass is 10.2. The van der Waals surface area contributed by atoms with Gasteiger partial charge in [-0.25, -0.2) is 0 Å². The molecule has 0 saturated carbocycles. The van der Waals surface area contributed by atoms with Gasteiger partial charge in [0.25, 0.3) is 0 Å². The van der Waals surface area contributed by atoms with Crippen LogP contribution in [0.3, 0.4) is 0 Å². The summed E-state index contributed by atoms with van der Waals surface area (Å²) in [5.41, 5.74) is 5.25. The third-order valence-corrected chi connectivity index (χ3v) is 3.84. The number of carbonyl (C=O) groups excluding carboxylic acids is 1. The van der Waals surface area contributed by atoms with Gasteiger partial charge in [0, 0.05) is 20.7 Å². The van der Waals surface area contributed by atoms with Gasteiger partial charge in [-0.2, -0.15) is 0 Å². The highest BCUT2D eigenvalue weighted by Crippen LogP contribution is 2.32. The summed E-state index contributed by atoms with van der Waals surface area (Å²) in [6, 6.07) is 8.14. The third-order valence-electron chi connectivity index (χ3n) is 2.10. The molecular weight excluding hydrogens is 300 g/mol. The summed E-state index contributed by atoms with van der Waals surface area (Å²) in [7, 11) is 0. The van der Waals surface area contributed by atoms with Crippen LogP contribution in [-0.4, -0.2) is 23.7 Å². The summed E-state index contributed by atoms with van der Waals surface area (Å²) in [6.45, 7) is 4.83. The van der Waals surface area contributed by atoms with Gasteiger partial charge in [0.05, 0.1) is 6.54 Å². The highest BCUT2D eigenvalue weighted by Gasteiger charge is 2.20. The standard InChI is InChI=1S/C12H17BrN2OS/c1-12(2,8-15-11(16)7-14)17-10-5-3-9(13)4-6-10/h3-6H,7-8,14H2,1-2H3,(H,15,16). The minimum absolute atomic E-state index is 0.0407. The minimum Gasteiger partial charge on any atom is -0.354 e. The fourth-order valence-corrected chi connectivity index (χ4v) is 2.56. The van der Waals surface area contributed by atoms with Crippen LogP contribution in [0.5, 0.6) is 0 Å². The van der Waals surface area contributed by atoms with Crippen molar-refractivity contribution in [2.45, 2.75) is 23.5 Å². The Morgan fingerprint density at radius 1 is 1.41 bits per heavy atom. The molecule has 3 nitrogen and oxygen atoms in total. The van der Waals surface area contributed by atoms with Gasteiger partial charge in [0.1, 0.15) is 0 Å². The zero-order valence-electron chi connectivity index (χ0n) is 10.00. The second-order valence-electron chi connectivity index (χ2n) is 4.30. The summed E-state index contributed by atoms with van der Waals surface area (Å²) in [6.07, 6.45) is 0. The molecule has 0 radical (unpaired) electrons. The number of benzene rings is 1. The van der Waals surface area contributed by atoms with Gasteiger partial charge >= 0.3 is 0 Å². The van der Waals surface area contributed by atoms with Crippen LogP contribution in [0, 0.1) is 0 Å². The lowest BCUT2D eigenvalue weighted by Crippen LogP contribution is -2.39. The molecule has 17 heavy (non-hydrogen) atoms. The smallest absolute Gasteiger partial charge is 0.233 e. The van der Waals surface area contributed by atoms with Gasteiger partial charge < -0.3 is 11.1 Å². The molecule has 0 atom stereocenters. The Labute approximate surface area is 115 Å². The Balaban J connectivity index is 2.53. The molecular formula is C12H17BrN2OS. The van der Waals surface area contributed by atoms with Gasteiger partial charge in [-0.15, -0.1) is 11.8 Å². The largest absolute Gasteiger partial charge is 0.354 e. The number of hydrogen-bond acceptors (Lipinski definition) is 3. The van der Waals surface area contributed by atoms with E-state index in [0.29, 0.717) is 6.54 Å². The average molecular weight is 317 g/mol. The lowest BCUT2D eigenvalue weighted by Gasteiger charge is -2.24. The molecule has 0 fully saturated rings. The van der Waals surface area contributed by atoms with Crippen molar-refractivity contribution >= 4 is 33.6 Å². The molecule has 0 aliphatic rings. The number of amides is 1. The molecule has 1 amide bonds. The molecule has 3 N–H and O–H groups in total. The first-order valence-electron chi connectivity index (χ1n) is 5.34. The molecule has 1 aromatic rings. The van der Waals surface area contributed by atoms with Crippen LogP contribution < -0.4 is 11.1 Å². The molecule has 0 aliphatic carbocycles. The molecule has 0 aromatic heterocycles. The number of nitrogens with one attached hydrogen (secondary N) is 1. The Morgan fingerprint density at radius 3 is 2.53 bits per heavy atom. The van der Waals surface area contributed by atoms with E-state index in [-0.39, 0.29) is 17.2 Å². The van der Waals surface area contributed by atoms with E-state index in [1.807, 2.05) is 12.1 Å². The van der Waals surface area contributed by atoms with Crippen LogP contribution in [0.25, 0.3) is 0 Å². The number of rotatable bonds is 5. The van der Waals surface area contributed by atoms with E-state index >= 15 is 0 Å². The van der Waals surface area contributed by atoms with Crippen LogP contribution in [0.2, 0.25) is 0 Å². The fourth-order valence-electron chi connectivity index (χ4n) is 1.24. The van der Waals surface area contributed by atoms with Crippen molar-refractivity contribution in [2.75, 3.05) is 13.1 Å². The molecule has 1 aromatic carbocycles. The fraction of sp³-hybridized carbons (Fsp3) is 0.417. The number of carbonyl (C=O) groups is 1. The molecule has 0 spiro atoms. The number of thioether (sulfide) groups is 1. The first-order chi connectivity index (χ1) is 7.93. The maximum Gasteiger partial charge on any atom is 0.233 e. The second kappa shape index (κ2) is 6.42. The van der Waals surface area contributed by atoms with Crippen LogP contribution in [0.15, 0.2) is 33.6 Å². The summed E-state index contributed by atoms with van der Waals surface area (Å²) in [5.74, 6) is -0.116. The van der Waals surface area contributed by atoms with E-state index < -0.39 is 0 Å². The molecule has 0 heterocycles. The third kappa shape index (κ3) is 5.57. The van der Waals surface area contributed by atoms with Gasteiger partial charge in [-0.05, 0) is 38.1 Å². The van der Waals surface area contributed by atoms with E-state index in [9.17, 15) is 4.79 Å². The predicted molar refractivity (Wildman–Crippen MR) is 76.1 cm³/mol. The van der Waals surface area contributed by atoms with Crippen molar-refractivity contribution in [3.05, 3.63) is 28.7 Å². The van der Waals surface area contributed by atoms with E-state index in [1.54, 1.807) is 11.8 Å². The SMILES string of the molecule is CC(C)(CNC(=O)CN)Sc1ccc(Br)cc1. The van der Waals surface area contributed by atoms with Crippen LogP contribution in [0.1, 0.15) is 13.8 Å². The Kier molecular flexibility index (Phi) is 5.49. The number of nitrogens with two attached hydrogens (primary N) is 1. The Hall–Kier alpha value is -0.520. The molecule has 0 unspecified atom stereocenters. The minimum atomic E-state index is -0.116. The van der Waals surface area contributed by atoms with Gasteiger partial charge in [-0.3, -0.25) is 4.79 Å². The Bertz CT molecular complexity index is 379. The summed E-state index contributed by atoms with van der Waals surface area (Å²) >= 11 is 5.13. The normalized spacial score (nSPS) is 11.3. The van der Waals surface area contributed by atoms with Crippen molar-refractivity contribution in [3.63, 3.8) is 0 Å². The summed E-state index contributed by atoms with van der Waals surface area (Å²) in [4.78, 5) is 12.3. The van der Waals surface area contributed by atoms with E-state index in [4.69, 9.17) is 5.73 Å². The monoisotopic (exact) mass is 316 g/mol. The number of halogens is 1. The molecule has 1 rings (SSSR count). The van der Waals surface area contributed by atoms with Crippen molar-refractivity contribution < 1.29 is 4.79 Å². The molecule has 0 bridgehead atoms. The second-order valence-corrected chi connectivity index (χ2v) is 6.99. The average Bonchev–Trinajstić information content (AvgIpc) is 2.29. The molecule has 5 heteroatoms. The zero-order chi connectivity index (χ0) is 12.9. The van der Waals surface area contributed by atoms with Crippen LogP contribution in [0.4, 0.5) is 0 Å². The Morgan fingerprint density at radius 2 is 2.00 bits per heavy atom.